The van der Waals surface area contributed by atoms with Gasteiger partial charge >= 0.3 is 0 Å². The maximum absolute atomic E-state index is 6.09. The van der Waals surface area contributed by atoms with Gasteiger partial charge in [0.05, 0.1) is 0 Å². The summed E-state index contributed by atoms with van der Waals surface area (Å²) in [5.74, 6) is 0.878. The van der Waals surface area contributed by atoms with Crippen molar-refractivity contribution >= 4 is 11.4 Å². The van der Waals surface area contributed by atoms with E-state index in [2.05, 4.69) is 113 Å². The summed E-state index contributed by atoms with van der Waals surface area (Å²) in [6, 6.07) is 31.9. The standard InChI is InChI=1S/C44H60N2/c1-5-7-9-11-17-43(41-29-27-39(45)31-33(41)3)37-23-19-35(20-24-37)15-13-14-16-36-21-25-38(26-22-36)44(18-12-10-8-6-2)42-30-28-40(46)32-34(42)4/h19-32,43-44H,5-18,45-46H2,1-4H3. The number of unbranched alkanes of at least 4 members (excludes halogenated alkanes) is 7. The van der Waals surface area contributed by atoms with Gasteiger partial charge in [0.25, 0.3) is 0 Å². The molecule has 0 aromatic heterocycles. The van der Waals surface area contributed by atoms with Crippen molar-refractivity contribution in [1.82, 2.24) is 0 Å². The van der Waals surface area contributed by atoms with Crippen LogP contribution in [0.4, 0.5) is 11.4 Å². The maximum Gasteiger partial charge on any atom is 0.0316 e. The summed E-state index contributed by atoms with van der Waals surface area (Å²) in [6.07, 6.45) is 17.4. The summed E-state index contributed by atoms with van der Waals surface area (Å²) in [5.41, 5.74) is 25.1. The normalized spacial score (nSPS) is 12.7. The van der Waals surface area contributed by atoms with E-state index in [4.69, 9.17) is 11.5 Å². The van der Waals surface area contributed by atoms with Crippen LogP contribution in [0.15, 0.2) is 84.9 Å². The SMILES string of the molecule is CCCCCCC(c1ccc(CCCCc2ccc(C(CCCCCC)c3ccc(N)cc3C)cc2)cc1)c1ccc(N)cc1C. The molecule has 0 aliphatic heterocycles. The average Bonchev–Trinajstić information content (AvgIpc) is 3.05. The first-order chi connectivity index (χ1) is 22.4. The lowest BCUT2D eigenvalue weighted by Crippen LogP contribution is -2.05. The van der Waals surface area contributed by atoms with Crippen molar-refractivity contribution in [2.75, 3.05) is 11.5 Å². The van der Waals surface area contributed by atoms with Crippen molar-refractivity contribution in [2.24, 2.45) is 0 Å². The van der Waals surface area contributed by atoms with Gasteiger partial charge < -0.3 is 11.5 Å². The molecule has 0 aliphatic rings. The van der Waals surface area contributed by atoms with Crippen LogP contribution in [0.25, 0.3) is 0 Å². The second-order valence-corrected chi connectivity index (χ2v) is 13.7. The van der Waals surface area contributed by atoms with Gasteiger partial charge in [-0.2, -0.15) is 0 Å². The van der Waals surface area contributed by atoms with Crippen LogP contribution in [0.1, 0.15) is 147 Å². The number of anilines is 2. The number of hydrogen-bond donors (Lipinski definition) is 2. The lowest BCUT2D eigenvalue weighted by Gasteiger charge is -2.21. The Morgan fingerprint density at radius 1 is 0.457 bits per heavy atom. The first-order valence-electron chi connectivity index (χ1n) is 18.3. The van der Waals surface area contributed by atoms with E-state index < -0.39 is 0 Å². The Morgan fingerprint density at radius 3 is 1.20 bits per heavy atom. The molecular weight excluding hydrogens is 556 g/mol. The van der Waals surface area contributed by atoms with E-state index in [9.17, 15) is 0 Å². The highest BCUT2D eigenvalue weighted by Gasteiger charge is 2.18. The molecule has 0 amide bonds. The third-order valence-corrected chi connectivity index (χ3v) is 9.98. The Bertz CT molecular complexity index is 1340. The van der Waals surface area contributed by atoms with Crippen LogP contribution < -0.4 is 11.5 Å². The molecule has 2 heteroatoms. The molecule has 2 unspecified atom stereocenters. The second kappa shape index (κ2) is 18.6. The maximum atomic E-state index is 6.09. The first kappa shape index (κ1) is 35.3. The Hall–Kier alpha value is -3.52. The van der Waals surface area contributed by atoms with Crippen molar-refractivity contribution in [1.29, 1.82) is 0 Å². The van der Waals surface area contributed by atoms with Gasteiger partial charge in [-0.3, -0.25) is 0 Å². The molecule has 0 radical (unpaired) electrons. The fourth-order valence-electron chi connectivity index (χ4n) is 7.23. The fourth-order valence-corrected chi connectivity index (χ4v) is 7.23. The molecule has 0 fully saturated rings. The van der Waals surface area contributed by atoms with Crippen LogP contribution in [0, 0.1) is 13.8 Å². The van der Waals surface area contributed by atoms with Gasteiger partial charge in [-0.1, -0.05) is 126 Å². The van der Waals surface area contributed by atoms with Gasteiger partial charge in [0, 0.05) is 23.2 Å². The highest BCUT2D eigenvalue weighted by molar-refractivity contribution is 5.49. The Labute approximate surface area is 281 Å². The van der Waals surface area contributed by atoms with Crippen LogP contribution in [-0.2, 0) is 12.8 Å². The third-order valence-electron chi connectivity index (χ3n) is 9.98. The number of nitrogens with two attached hydrogens (primary N) is 2. The fraction of sp³-hybridized carbons (Fsp3) is 0.455. The monoisotopic (exact) mass is 616 g/mol. The average molecular weight is 617 g/mol. The molecule has 4 rings (SSSR count). The minimum atomic E-state index is 0.439. The molecule has 0 saturated carbocycles. The summed E-state index contributed by atoms with van der Waals surface area (Å²) in [5, 5.41) is 0. The molecule has 4 N–H and O–H groups in total. The Balaban J connectivity index is 1.33. The molecule has 2 nitrogen and oxygen atoms in total. The quantitative estimate of drug-likeness (QED) is 0.0813. The topological polar surface area (TPSA) is 52.0 Å². The van der Waals surface area contributed by atoms with Crippen molar-refractivity contribution in [3.05, 3.63) is 129 Å². The first-order valence-corrected chi connectivity index (χ1v) is 18.3. The minimum Gasteiger partial charge on any atom is -0.399 e. The largest absolute Gasteiger partial charge is 0.399 e. The van der Waals surface area contributed by atoms with Gasteiger partial charge in [-0.15, -0.1) is 0 Å². The number of benzene rings is 4. The van der Waals surface area contributed by atoms with E-state index in [1.807, 2.05) is 0 Å². The smallest absolute Gasteiger partial charge is 0.0316 e. The molecular formula is C44H60N2. The lowest BCUT2D eigenvalue weighted by molar-refractivity contribution is 0.595. The third kappa shape index (κ3) is 10.5. The molecule has 4 aromatic carbocycles. The van der Waals surface area contributed by atoms with Gasteiger partial charge in [0.1, 0.15) is 0 Å². The predicted octanol–water partition coefficient (Wildman–Crippen LogP) is 12.2. The molecule has 246 valence electrons. The summed E-state index contributed by atoms with van der Waals surface area (Å²) < 4.78 is 0. The molecule has 0 aliphatic carbocycles. The zero-order valence-electron chi connectivity index (χ0n) is 29.3. The molecule has 0 bridgehead atoms. The van der Waals surface area contributed by atoms with E-state index >= 15 is 0 Å². The van der Waals surface area contributed by atoms with Gasteiger partial charge in [0.2, 0.25) is 0 Å². The molecule has 4 aromatic rings. The zero-order valence-corrected chi connectivity index (χ0v) is 29.3. The van der Waals surface area contributed by atoms with E-state index in [1.54, 1.807) is 0 Å². The summed E-state index contributed by atoms with van der Waals surface area (Å²) >= 11 is 0. The van der Waals surface area contributed by atoms with E-state index in [0.717, 1.165) is 24.2 Å². The van der Waals surface area contributed by atoms with E-state index in [-0.39, 0.29) is 0 Å². The highest BCUT2D eigenvalue weighted by atomic mass is 14.5. The van der Waals surface area contributed by atoms with Crippen LogP contribution in [-0.4, -0.2) is 0 Å². The van der Waals surface area contributed by atoms with E-state index in [0.29, 0.717) is 11.8 Å². The zero-order chi connectivity index (χ0) is 32.7. The molecule has 2 atom stereocenters. The van der Waals surface area contributed by atoms with Gasteiger partial charge in [-0.05, 0) is 121 Å². The Morgan fingerprint density at radius 2 is 0.848 bits per heavy atom. The number of rotatable bonds is 19. The molecule has 0 heterocycles. The van der Waals surface area contributed by atoms with Crippen LogP contribution in [0.5, 0.6) is 0 Å². The molecule has 46 heavy (non-hydrogen) atoms. The molecule has 0 saturated heterocycles. The van der Waals surface area contributed by atoms with Gasteiger partial charge in [0.15, 0.2) is 0 Å². The summed E-state index contributed by atoms with van der Waals surface area (Å²) in [6.45, 7) is 8.99. The summed E-state index contributed by atoms with van der Waals surface area (Å²) in [7, 11) is 0. The Kier molecular flexibility index (Phi) is 14.3. The van der Waals surface area contributed by atoms with Crippen LogP contribution >= 0.6 is 0 Å². The number of nitrogen functional groups attached to an aromatic ring is 2. The van der Waals surface area contributed by atoms with Crippen molar-refractivity contribution in [2.45, 2.75) is 129 Å². The van der Waals surface area contributed by atoms with E-state index in [1.165, 1.54) is 122 Å². The lowest BCUT2D eigenvalue weighted by atomic mass is 9.84. The van der Waals surface area contributed by atoms with Crippen molar-refractivity contribution in [3.63, 3.8) is 0 Å². The van der Waals surface area contributed by atoms with Crippen molar-refractivity contribution < 1.29 is 0 Å². The minimum absolute atomic E-state index is 0.439. The number of aryl methyl sites for hydroxylation is 4. The summed E-state index contributed by atoms with van der Waals surface area (Å²) in [4.78, 5) is 0. The highest BCUT2D eigenvalue weighted by Crippen LogP contribution is 2.35. The predicted molar refractivity (Wildman–Crippen MR) is 202 cm³/mol. The van der Waals surface area contributed by atoms with Crippen molar-refractivity contribution in [3.8, 4) is 0 Å². The second-order valence-electron chi connectivity index (χ2n) is 13.7. The van der Waals surface area contributed by atoms with Crippen LogP contribution in [0.3, 0.4) is 0 Å². The number of hydrogen-bond acceptors (Lipinski definition) is 2. The molecule has 0 spiro atoms. The van der Waals surface area contributed by atoms with Gasteiger partial charge in [-0.25, -0.2) is 0 Å². The van der Waals surface area contributed by atoms with Crippen LogP contribution in [0.2, 0.25) is 0 Å².